The minimum absolute atomic E-state index is 0.415. The average Bonchev–Trinajstić information content (AvgIpc) is 2.81. The Kier molecular flexibility index (Phi) is 4.27. The van der Waals surface area contributed by atoms with E-state index >= 15 is 0 Å². The second kappa shape index (κ2) is 5.75. The van der Waals surface area contributed by atoms with E-state index in [1.54, 1.807) is 11.3 Å². The van der Waals surface area contributed by atoms with Gasteiger partial charge in [0.25, 0.3) is 0 Å². The number of rotatable bonds is 5. The topological polar surface area (TPSA) is 45.4 Å². The number of hydrogen-bond donors (Lipinski definition) is 1. The molecular weight excluding hydrogens is 256 g/mol. The number of fused-ring (bicyclic) bond motifs is 1. The van der Waals surface area contributed by atoms with Gasteiger partial charge in [-0.2, -0.15) is 0 Å². The molecule has 2 N–H and O–H groups in total. The molecule has 1 aromatic heterocycles. The number of nitrogens with zero attached hydrogens (tertiary/aromatic N) is 3. The van der Waals surface area contributed by atoms with Crippen molar-refractivity contribution in [1.82, 2.24) is 9.88 Å². The van der Waals surface area contributed by atoms with E-state index in [2.05, 4.69) is 54.9 Å². The summed E-state index contributed by atoms with van der Waals surface area (Å²) < 4.78 is 1.15. The molecule has 4 nitrogen and oxygen atoms in total. The lowest BCUT2D eigenvalue weighted by Crippen LogP contribution is -2.40. The second-order valence-corrected chi connectivity index (χ2v) is 5.98. The molecule has 19 heavy (non-hydrogen) atoms. The molecule has 1 atom stereocenters. The molecule has 2 rings (SSSR count). The van der Waals surface area contributed by atoms with Crippen LogP contribution in [-0.2, 0) is 0 Å². The summed E-state index contributed by atoms with van der Waals surface area (Å²) >= 11 is 1.63. The molecule has 0 saturated carbocycles. The number of likely N-dealkylation sites (N-methyl/N-ethyl adjacent to an activating group) is 2. The molecule has 0 bridgehead atoms. The molecule has 1 unspecified atom stereocenters. The van der Waals surface area contributed by atoms with Gasteiger partial charge in [0.05, 0.1) is 21.6 Å². The number of aromatic nitrogens is 1. The zero-order chi connectivity index (χ0) is 14.0. The Morgan fingerprint density at radius 1 is 1.37 bits per heavy atom. The van der Waals surface area contributed by atoms with Gasteiger partial charge in [-0.1, -0.05) is 0 Å². The van der Waals surface area contributed by atoms with Crippen molar-refractivity contribution in [2.24, 2.45) is 0 Å². The third kappa shape index (κ3) is 2.82. The van der Waals surface area contributed by atoms with Crippen LogP contribution < -0.4 is 10.6 Å². The summed E-state index contributed by atoms with van der Waals surface area (Å²) in [7, 11) is 4.19. The first-order valence-electron chi connectivity index (χ1n) is 6.57. The molecule has 1 aromatic carbocycles. The molecule has 0 amide bonds. The third-order valence-electron chi connectivity index (χ3n) is 3.33. The maximum Gasteiger partial charge on any atom is 0.106 e. The lowest BCUT2D eigenvalue weighted by atomic mass is 10.1. The van der Waals surface area contributed by atoms with Crippen LogP contribution in [0.15, 0.2) is 17.6 Å². The monoisotopic (exact) mass is 278 g/mol. The molecule has 0 aliphatic carbocycles. The van der Waals surface area contributed by atoms with Gasteiger partial charge >= 0.3 is 0 Å². The Hall–Kier alpha value is -1.33. The Bertz CT molecular complexity index is 549. The summed E-state index contributed by atoms with van der Waals surface area (Å²) in [5, 5.41) is 0. The van der Waals surface area contributed by atoms with Crippen LogP contribution >= 0.6 is 11.3 Å². The number of thiazole rings is 1. The summed E-state index contributed by atoms with van der Waals surface area (Å²) in [5.41, 5.74) is 11.0. The molecule has 1 heterocycles. The Morgan fingerprint density at radius 3 is 2.74 bits per heavy atom. The Balaban J connectivity index is 2.37. The summed E-state index contributed by atoms with van der Waals surface area (Å²) in [6, 6.07) is 4.65. The van der Waals surface area contributed by atoms with Gasteiger partial charge in [0.15, 0.2) is 0 Å². The minimum Gasteiger partial charge on any atom is -0.395 e. The van der Waals surface area contributed by atoms with Gasteiger partial charge in [-0.05, 0) is 40.1 Å². The quantitative estimate of drug-likeness (QED) is 0.854. The first kappa shape index (κ1) is 14.1. The summed E-state index contributed by atoms with van der Waals surface area (Å²) in [5.74, 6) is 0. The Labute approximate surface area is 118 Å². The van der Waals surface area contributed by atoms with Crippen LogP contribution in [0.4, 0.5) is 11.4 Å². The molecule has 5 heteroatoms. The van der Waals surface area contributed by atoms with E-state index in [9.17, 15) is 0 Å². The number of anilines is 2. The Morgan fingerprint density at radius 2 is 2.11 bits per heavy atom. The standard InChI is InChI=1S/C14H22N4S/c1-5-18(10(2)8-17(3)4)11-6-7-12-14(13(11)15)16-9-19-12/h6-7,9-10H,5,8,15H2,1-4H3. The van der Waals surface area contributed by atoms with E-state index in [0.717, 1.165) is 34.7 Å². The van der Waals surface area contributed by atoms with Gasteiger partial charge in [0.2, 0.25) is 0 Å². The van der Waals surface area contributed by atoms with Crippen LogP contribution in [0.5, 0.6) is 0 Å². The first-order valence-corrected chi connectivity index (χ1v) is 7.45. The molecule has 0 spiro atoms. The van der Waals surface area contributed by atoms with Crippen molar-refractivity contribution in [2.45, 2.75) is 19.9 Å². The summed E-state index contributed by atoms with van der Waals surface area (Å²) in [6.07, 6.45) is 0. The van der Waals surface area contributed by atoms with Crippen molar-refractivity contribution in [3.63, 3.8) is 0 Å². The van der Waals surface area contributed by atoms with Crippen molar-refractivity contribution in [2.75, 3.05) is 37.8 Å². The average molecular weight is 278 g/mol. The first-order chi connectivity index (χ1) is 9.04. The van der Waals surface area contributed by atoms with Crippen LogP contribution in [-0.4, -0.2) is 43.1 Å². The molecule has 0 fully saturated rings. The van der Waals surface area contributed by atoms with Crippen LogP contribution in [0.1, 0.15) is 13.8 Å². The maximum absolute atomic E-state index is 6.30. The van der Waals surface area contributed by atoms with Gasteiger partial charge in [-0.25, -0.2) is 4.98 Å². The molecule has 0 aliphatic heterocycles. The van der Waals surface area contributed by atoms with Crippen molar-refractivity contribution in [3.8, 4) is 0 Å². The van der Waals surface area contributed by atoms with E-state index in [4.69, 9.17) is 5.73 Å². The van der Waals surface area contributed by atoms with Gasteiger partial charge in [0.1, 0.15) is 5.52 Å². The van der Waals surface area contributed by atoms with E-state index in [1.807, 2.05) is 5.51 Å². The fourth-order valence-electron chi connectivity index (χ4n) is 2.54. The SMILES string of the molecule is CCN(c1ccc2scnc2c1N)C(C)CN(C)C. The van der Waals surface area contributed by atoms with Gasteiger partial charge in [0, 0.05) is 19.1 Å². The van der Waals surface area contributed by atoms with Gasteiger partial charge in [-0.3, -0.25) is 0 Å². The number of nitrogen functional groups attached to an aromatic ring is 1. The fourth-order valence-corrected chi connectivity index (χ4v) is 3.23. The third-order valence-corrected chi connectivity index (χ3v) is 4.12. The molecular formula is C14H22N4S. The predicted octanol–water partition coefficient (Wildman–Crippen LogP) is 2.65. The van der Waals surface area contributed by atoms with Crippen molar-refractivity contribution >= 4 is 32.9 Å². The molecule has 0 aliphatic rings. The molecule has 2 aromatic rings. The molecule has 0 radical (unpaired) electrons. The number of nitrogens with two attached hydrogens (primary N) is 1. The lowest BCUT2D eigenvalue weighted by molar-refractivity contribution is 0.373. The molecule has 0 saturated heterocycles. The van der Waals surface area contributed by atoms with Crippen LogP contribution in [0.2, 0.25) is 0 Å². The highest BCUT2D eigenvalue weighted by molar-refractivity contribution is 7.16. The zero-order valence-electron chi connectivity index (χ0n) is 12.1. The largest absolute Gasteiger partial charge is 0.395 e. The summed E-state index contributed by atoms with van der Waals surface area (Å²) in [4.78, 5) is 8.91. The van der Waals surface area contributed by atoms with Crippen molar-refractivity contribution in [3.05, 3.63) is 17.6 Å². The highest BCUT2D eigenvalue weighted by atomic mass is 32.1. The van der Waals surface area contributed by atoms with E-state index < -0.39 is 0 Å². The minimum atomic E-state index is 0.415. The van der Waals surface area contributed by atoms with Crippen LogP contribution in [0.25, 0.3) is 10.2 Å². The van der Waals surface area contributed by atoms with Crippen LogP contribution in [0, 0.1) is 0 Å². The highest BCUT2D eigenvalue weighted by Gasteiger charge is 2.17. The highest BCUT2D eigenvalue weighted by Crippen LogP contribution is 2.33. The van der Waals surface area contributed by atoms with E-state index in [0.29, 0.717) is 6.04 Å². The van der Waals surface area contributed by atoms with E-state index in [-0.39, 0.29) is 0 Å². The number of hydrogen-bond acceptors (Lipinski definition) is 5. The maximum atomic E-state index is 6.30. The smallest absolute Gasteiger partial charge is 0.106 e. The number of benzene rings is 1. The van der Waals surface area contributed by atoms with Crippen molar-refractivity contribution in [1.29, 1.82) is 0 Å². The fraction of sp³-hybridized carbons (Fsp3) is 0.500. The predicted molar refractivity (Wildman–Crippen MR) is 85.1 cm³/mol. The van der Waals surface area contributed by atoms with E-state index in [1.165, 1.54) is 0 Å². The second-order valence-electron chi connectivity index (χ2n) is 5.09. The molecule has 104 valence electrons. The normalized spacial score (nSPS) is 13.1. The van der Waals surface area contributed by atoms with Crippen LogP contribution in [0.3, 0.4) is 0 Å². The summed E-state index contributed by atoms with van der Waals surface area (Å²) in [6.45, 7) is 6.34. The van der Waals surface area contributed by atoms with Gasteiger partial charge < -0.3 is 15.5 Å². The van der Waals surface area contributed by atoms with Gasteiger partial charge in [-0.15, -0.1) is 11.3 Å². The van der Waals surface area contributed by atoms with Crippen molar-refractivity contribution < 1.29 is 0 Å². The zero-order valence-corrected chi connectivity index (χ0v) is 12.9. The lowest BCUT2D eigenvalue weighted by Gasteiger charge is -2.33.